The van der Waals surface area contributed by atoms with Crippen LogP contribution in [0.5, 0.6) is 5.75 Å². The van der Waals surface area contributed by atoms with Crippen molar-refractivity contribution in [3.8, 4) is 5.75 Å². The molecule has 0 bridgehead atoms. The zero-order chi connectivity index (χ0) is 24.0. The van der Waals surface area contributed by atoms with Crippen LogP contribution in [0, 0.1) is 6.92 Å². The lowest BCUT2D eigenvalue weighted by Gasteiger charge is -2.34. The number of nitrogens with zero attached hydrogens (tertiary/aromatic N) is 1. The van der Waals surface area contributed by atoms with Crippen molar-refractivity contribution in [1.29, 1.82) is 0 Å². The molecule has 9 heteroatoms. The van der Waals surface area contributed by atoms with Crippen LogP contribution in [0.4, 0.5) is 4.79 Å². The van der Waals surface area contributed by atoms with Crippen LogP contribution in [0.2, 0.25) is 0 Å². The summed E-state index contributed by atoms with van der Waals surface area (Å²) in [7, 11) is 0. The highest BCUT2D eigenvalue weighted by Gasteiger charge is 2.35. The molecule has 1 rings (SSSR count). The summed E-state index contributed by atoms with van der Waals surface area (Å²) in [5.41, 5.74) is -0.576. The highest BCUT2D eigenvalue weighted by atomic mass is 16.6. The number of amides is 3. The number of hydrogen-bond donors (Lipinski definition) is 4. The number of aliphatic hydroxyl groups is 1. The third kappa shape index (κ3) is 8.45. The van der Waals surface area contributed by atoms with E-state index in [2.05, 4.69) is 10.6 Å². The van der Waals surface area contributed by atoms with Gasteiger partial charge < -0.3 is 30.5 Å². The van der Waals surface area contributed by atoms with Crippen LogP contribution < -0.4 is 10.6 Å². The molecule has 0 saturated carbocycles. The molecule has 0 spiro atoms. The number of rotatable bonds is 7. The topological polar surface area (TPSA) is 128 Å². The van der Waals surface area contributed by atoms with Crippen molar-refractivity contribution in [2.45, 2.75) is 65.6 Å². The zero-order valence-corrected chi connectivity index (χ0v) is 19.4. The molecule has 0 aliphatic carbocycles. The molecule has 1 unspecified atom stereocenters. The van der Waals surface area contributed by atoms with Crippen molar-refractivity contribution in [1.82, 2.24) is 15.5 Å². The Kier molecular flexibility index (Phi) is 8.86. The van der Waals surface area contributed by atoms with Gasteiger partial charge in [-0.15, -0.1) is 0 Å². The summed E-state index contributed by atoms with van der Waals surface area (Å²) in [6.45, 7) is 11.1. The fraction of sp³-hybridized carbons (Fsp3) is 0.591. The second-order valence-corrected chi connectivity index (χ2v) is 9.32. The molecule has 9 nitrogen and oxygen atoms in total. The number of benzene rings is 1. The standard InChI is InChI=1S/C22H35N3O6/c1-14-9-8-10-15(18(14)28)17(19(29)24-21(2,3)4)25(11-12-26)16(27)13-23-20(30)31-22(5,6)7/h8-10,17,26,28H,11-13H2,1-7H3,(H,23,30)(H,24,29). The summed E-state index contributed by atoms with van der Waals surface area (Å²) in [5, 5.41) is 25.3. The van der Waals surface area contributed by atoms with E-state index in [0.29, 0.717) is 5.56 Å². The summed E-state index contributed by atoms with van der Waals surface area (Å²) in [6.07, 6.45) is -0.779. The van der Waals surface area contributed by atoms with Crippen molar-refractivity contribution in [3.05, 3.63) is 29.3 Å². The first kappa shape index (κ1) is 26.2. The molecule has 0 heterocycles. The number of aryl methyl sites for hydroxylation is 1. The van der Waals surface area contributed by atoms with E-state index in [1.807, 2.05) is 0 Å². The van der Waals surface area contributed by atoms with Crippen LogP contribution in [-0.2, 0) is 14.3 Å². The number of para-hydroxylation sites is 1. The molecule has 0 fully saturated rings. The summed E-state index contributed by atoms with van der Waals surface area (Å²) in [5.74, 6) is -1.25. The van der Waals surface area contributed by atoms with Gasteiger partial charge in [-0.25, -0.2) is 4.79 Å². The molecule has 4 N–H and O–H groups in total. The molecular weight excluding hydrogens is 402 g/mol. The molecule has 1 atom stereocenters. The third-order valence-corrected chi connectivity index (χ3v) is 4.07. The molecule has 0 aliphatic heterocycles. The smallest absolute Gasteiger partial charge is 0.408 e. The molecule has 174 valence electrons. The van der Waals surface area contributed by atoms with Crippen LogP contribution in [0.15, 0.2) is 18.2 Å². The molecule has 3 amide bonds. The molecule has 1 aromatic rings. The van der Waals surface area contributed by atoms with E-state index < -0.39 is 48.2 Å². The van der Waals surface area contributed by atoms with Gasteiger partial charge in [0.05, 0.1) is 6.61 Å². The van der Waals surface area contributed by atoms with Gasteiger partial charge in [-0.05, 0) is 54.0 Å². The molecule has 0 aliphatic rings. The summed E-state index contributed by atoms with van der Waals surface area (Å²) in [4.78, 5) is 39.2. The first-order valence-corrected chi connectivity index (χ1v) is 10.1. The number of ether oxygens (including phenoxy) is 1. The Bertz CT molecular complexity index is 795. The monoisotopic (exact) mass is 437 g/mol. The number of carbonyl (C=O) groups excluding carboxylic acids is 3. The van der Waals surface area contributed by atoms with Gasteiger partial charge in [-0.3, -0.25) is 9.59 Å². The van der Waals surface area contributed by atoms with Crippen molar-refractivity contribution in [3.63, 3.8) is 0 Å². The van der Waals surface area contributed by atoms with E-state index in [1.54, 1.807) is 66.7 Å². The second-order valence-electron chi connectivity index (χ2n) is 9.32. The molecular formula is C22H35N3O6. The number of phenols is 1. The minimum atomic E-state index is -1.21. The van der Waals surface area contributed by atoms with Crippen LogP contribution in [-0.4, -0.2) is 63.9 Å². The van der Waals surface area contributed by atoms with E-state index >= 15 is 0 Å². The Morgan fingerprint density at radius 3 is 2.26 bits per heavy atom. The van der Waals surface area contributed by atoms with Gasteiger partial charge in [-0.2, -0.15) is 0 Å². The van der Waals surface area contributed by atoms with Gasteiger partial charge in [0.2, 0.25) is 11.8 Å². The van der Waals surface area contributed by atoms with Gasteiger partial charge in [-0.1, -0.05) is 18.2 Å². The highest BCUT2D eigenvalue weighted by Crippen LogP contribution is 2.32. The zero-order valence-electron chi connectivity index (χ0n) is 19.4. The maximum absolute atomic E-state index is 13.2. The number of carbonyl (C=O) groups is 3. The van der Waals surface area contributed by atoms with Crippen LogP contribution >= 0.6 is 0 Å². The van der Waals surface area contributed by atoms with Gasteiger partial charge in [0.1, 0.15) is 23.9 Å². The van der Waals surface area contributed by atoms with Crippen LogP contribution in [0.25, 0.3) is 0 Å². The van der Waals surface area contributed by atoms with E-state index in [0.717, 1.165) is 4.90 Å². The van der Waals surface area contributed by atoms with E-state index in [1.165, 1.54) is 0 Å². The number of nitrogens with one attached hydrogen (secondary N) is 2. The predicted molar refractivity (Wildman–Crippen MR) is 117 cm³/mol. The fourth-order valence-corrected chi connectivity index (χ4v) is 2.86. The lowest BCUT2D eigenvalue weighted by atomic mass is 9.98. The first-order valence-electron chi connectivity index (χ1n) is 10.1. The molecule has 0 aromatic heterocycles. The quantitative estimate of drug-likeness (QED) is 0.517. The number of alkyl carbamates (subject to hydrolysis) is 1. The maximum Gasteiger partial charge on any atom is 0.408 e. The van der Waals surface area contributed by atoms with Crippen LogP contribution in [0.1, 0.15) is 58.7 Å². The Balaban J connectivity index is 3.26. The molecule has 31 heavy (non-hydrogen) atoms. The van der Waals surface area contributed by atoms with Crippen molar-refractivity contribution < 1.29 is 29.3 Å². The van der Waals surface area contributed by atoms with Crippen molar-refractivity contribution >= 4 is 17.9 Å². The van der Waals surface area contributed by atoms with Gasteiger partial charge in [0.25, 0.3) is 0 Å². The Labute approximate surface area is 183 Å². The molecule has 1 aromatic carbocycles. The van der Waals surface area contributed by atoms with Gasteiger partial charge in [0.15, 0.2) is 0 Å². The molecule has 0 radical (unpaired) electrons. The number of aliphatic hydroxyl groups excluding tert-OH is 1. The first-order chi connectivity index (χ1) is 14.2. The SMILES string of the molecule is Cc1cccc(C(C(=O)NC(C)(C)C)N(CCO)C(=O)CNC(=O)OC(C)(C)C)c1O. The predicted octanol–water partition coefficient (Wildman–Crippen LogP) is 2.00. The minimum absolute atomic E-state index is 0.118. The van der Waals surface area contributed by atoms with Crippen LogP contribution in [0.3, 0.4) is 0 Å². The molecule has 0 saturated heterocycles. The van der Waals surface area contributed by atoms with E-state index in [9.17, 15) is 24.6 Å². The van der Waals surface area contributed by atoms with E-state index in [4.69, 9.17) is 4.74 Å². The average molecular weight is 438 g/mol. The maximum atomic E-state index is 13.2. The van der Waals surface area contributed by atoms with Gasteiger partial charge >= 0.3 is 6.09 Å². The number of phenolic OH excluding ortho intramolecular Hbond substituents is 1. The highest BCUT2D eigenvalue weighted by molar-refractivity contribution is 5.91. The second kappa shape index (κ2) is 10.5. The number of hydrogen-bond acceptors (Lipinski definition) is 6. The lowest BCUT2D eigenvalue weighted by Crippen LogP contribution is -2.51. The third-order valence-electron chi connectivity index (χ3n) is 4.07. The van der Waals surface area contributed by atoms with Gasteiger partial charge in [0, 0.05) is 17.6 Å². The normalized spacial score (nSPS) is 12.6. The van der Waals surface area contributed by atoms with Crippen molar-refractivity contribution in [2.75, 3.05) is 19.7 Å². The Hall–Kier alpha value is -2.81. The average Bonchev–Trinajstić information content (AvgIpc) is 2.59. The van der Waals surface area contributed by atoms with Crippen molar-refractivity contribution in [2.24, 2.45) is 0 Å². The largest absolute Gasteiger partial charge is 0.507 e. The summed E-state index contributed by atoms with van der Waals surface area (Å²) in [6, 6.07) is 3.69. The lowest BCUT2D eigenvalue weighted by molar-refractivity contribution is -0.141. The fourth-order valence-electron chi connectivity index (χ4n) is 2.86. The summed E-state index contributed by atoms with van der Waals surface area (Å²) >= 11 is 0. The Morgan fingerprint density at radius 1 is 1.13 bits per heavy atom. The summed E-state index contributed by atoms with van der Waals surface area (Å²) < 4.78 is 5.13. The Morgan fingerprint density at radius 2 is 1.74 bits per heavy atom. The number of aromatic hydroxyl groups is 1. The van der Waals surface area contributed by atoms with E-state index in [-0.39, 0.29) is 17.9 Å². The minimum Gasteiger partial charge on any atom is -0.507 e.